The largest absolute Gasteiger partial charge is 0.306 e. The van der Waals surface area contributed by atoms with Crippen molar-refractivity contribution in [2.24, 2.45) is 11.3 Å². The van der Waals surface area contributed by atoms with Gasteiger partial charge in [0.2, 0.25) is 0 Å². The second-order valence-electron chi connectivity index (χ2n) is 5.68. The normalized spacial score (nSPS) is 24.3. The van der Waals surface area contributed by atoms with Crippen molar-refractivity contribution in [3.05, 3.63) is 0 Å². The summed E-state index contributed by atoms with van der Waals surface area (Å²) in [5.74, 6) is 0.938. The maximum atomic E-state index is 8.77. The lowest BCUT2D eigenvalue weighted by Gasteiger charge is -2.24. The van der Waals surface area contributed by atoms with Crippen LogP contribution in [0.25, 0.3) is 0 Å². The standard InChI is InChI=1S/C13H22N2/c1-15(10-12-4-2-3-5-12)11-13(6-7-13)8-9-14/h12H,2-8,10-11H2,1H3. The molecule has 84 valence electrons. The second kappa shape index (κ2) is 4.53. The predicted octanol–water partition coefficient (Wildman–Crippen LogP) is 2.80. The van der Waals surface area contributed by atoms with Gasteiger partial charge < -0.3 is 4.90 Å². The Bertz CT molecular complexity index is 244. The van der Waals surface area contributed by atoms with E-state index in [1.54, 1.807) is 0 Å². The van der Waals surface area contributed by atoms with E-state index >= 15 is 0 Å². The summed E-state index contributed by atoms with van der Waals surface area (Å²) >= 11 is 0. The molecule has 2 rings (SSSR count). The van der Waals surface area contributed by atoms with Crippen molar-refractivity contribution in [1.82, 2.24) is 4.90 Å². The SMILES string of the molecule is CN(CC1CCCC1)CC1(CC#N)CC1. The van der Waals surface area contributed by atoms with Gasteiger partial charge in [-0.05, 0) is 44.1 Å². The molecule has 0 aromatic carbocycles. The first-order chi connectivity index (χ1) is 7.24. The van der Waals surface area contributed by atoms with Crippen LogP contribution in [-0.2, 0) is 0 Å². The average molecular weight is 206 g/mol. The van der Waals surface area contributed by atoms with E-state index in [0.29, 0.717) is 5.41 Å². The van der Waals surface area contributed by atoms with Crippen molar-refractivity contribution in [1.29, 1.82) is 5.26 Å². The molecule has 0 unspecified atom stereocenters. The van der Waals surface area contributed by atoms with Crippen LogP contribution in [0.5, 0.6) is 0 Å². The maximum absolute atomic E-state index is 8.77. The van der Waals surface area contributed by atoms with E-state index in [1.807, 2.05) is 0 Å². The first kappa shape index (κ1) is 11.0. The van der Waals surface area contributed by atoms with E-state index in [0.717, 1.165) is 18.9 Å². The minimum Gasteiger partial charge on any atom is -0.306 e. The molecule has 15 heavy (non-hydrogen) atoms. The summed E-state index contributed by atoms with van der Waals surface area (Å²) in [5.41, 5.74) is 0.391. The summed E-state index contributed by atoms with van der Waals surface area (Å²) in [4.78, 5) is 2.47. The van der Waals surface area contributed by atoms with Crippen molar-refractivity contribution in [3.63, 3.8) is 0 Å². The van der Waals surface area contributed by atoms with E-state index < -0.39 is 0 Å². The first-order valence-corrected chi connectivity index (χ1v) is 6.30. The Kier molecular flexibility index (Phi) is 3.31. The zero-order chi connectivity index (χ0) is 10.7. The van der Waals surface area contributed by atoms with Gasteiger partial charge in [-0.25, -0.2) is 0 Å². The maximum Gasteiger partial charge on any atom is 0.0628 e. The van der Waals surface area contributed by atoms with Gasteiger partial charge in [0.15, 0.2) is 0 Å². The summed E-state index contributed by atoms with van der Waals surface area (Å²) in [6.07, 6.45) is 9.03. The molecule has 0 bridgehead atoms. The summed E-state index contributed by atoms with van der Waals surface area (Å²) in [7, 11) is 2.23. The molecule has 0 atom stereocenters. The molecule has 0 amide bonds. The zero-order valence-electron chi connectivity index (χ0n) is 9.84. The van der Waals surface area contributed by atoms with Gasteiger partial charge in [-0.1, -0.05) is 12.8 Å². The fourth-order valence-corrected chi connectivity index (χ4v) is 3.01. The van der Waals surface area contributed by atoms with Gasteiger partial charge >= 0.3 is 0 Å². The average Bonchev–Trinajstić information content (AvgIpc) is 2.75. The molecule has 2 nitrogen and oxygen atoms in total. The van der Waals surface area contributed by atoms with Crippen LogP contribution in [0.4, 0.5) is 0 Å². The quantitative estimate of drug-likeness (QED) is 0.691. The molecule has 0 heterocycles. The van der Waals surface area contributed by atoms with Crippen LogP contribution >= 0.6 is 0 Å². The van der Waals surface area contributed by atoms with E-state index in [4.69, 9.17) is 5.26 Å². The molecule has 0 aliphatic heterocycles. The third-order valence-electron chi connectivity index (χ3n) is 4.06. The number of nitrogens with zero attached hydrogens (tertiary/aromatic N) is 2. The number of hydrogen-bond donors (Lipinski definition) is 0. The molecule has 0 aromatic heterocycles. The molecule has 2 aliphatic rings. The molecule has 2 aliphatic carbocycles. The molecule has 0 aromatic rings. The number of nitriles is 1. The van der Waals surface area contributed by atoms with E-state index in [2.05, 4.69) is 18.0 Å². The van der Waals surface area contributed by atoms with Crippen LogP contribution in [0.1, 0.15) is 44.9 Å². The monoisotopic (exact) mass is 206 g/mol. The lowest BCUT2D eigenvalue weighted by molar-refractivity contribution is 0.229. The highest BCUT2D eigenvalue weighted by molar-refractivity contribution is 5.00. The lowest BCUT2D eigenvalue weighted by atomic mass is 10.0. The topological polar surface area (TPSA) is 27.0 Å². The minimum atomic E-state index is 0.391. The Morgan fingerprint density at radius 3 is 2.53 bits per heavy atom. The van der Waals surface area contributed by atoms with Crippen molar-refractivity contribution in [3.8, 4) is 6.07 Å². The smallest absolute Gasteiger partial charge is 0.0628 e. The lowest BCUT2D eigenvalue weighted by Crippen LogP contribution is -2.30. The Hall–Kier alpha value is -0.550. The van der Waals surface area contributed by atoms with Gasteiger partial charge in [-0.15, -0.1) is 0 Å². The number of rotatable bonds is 5. The van der Waals surface area contributed by atoms with Crippen LogP contribution < -0.4 is 0 Å². The minimum absolute atomic E-state index is 0.391. The molecule has 2 saturated carbocycles. The molecular weight excluding hydrogens is 184 g/mol. The Morgan fingerprint density at radius 2 is 2.00 bits per heavy atom. The molecule has 2 heteroatoms. The Morgan fingerprint density at radius 1 is 1.33 bits per heavy atom. The summed E-state index contributed by atoms with van der Waals surface area (Å²) in [5, 5.41) is 8.77. The van der Waals surface area contributed by atoms with Gasteiger partial charge in [0, 0.05) is 19.5 Å². The highest BCUT2D eigenvalue weighted by Gasteiger charge is 2.43. The number of hydrogen-bond acceptors (Lipinski definition) is 2. The molecule has 2 fully saturated rings. The summed E-state index contributed by atoms with van der Waals surface area (Å²) in [6, 6.07) is 2.34. The van der Waals surface area contributed by atoms with E-state index in [-0.39, 0.29) is 0 Å². The van der Waals surface area contributed by atoms with Gasteiger partial charge in [-0.2, -0.15) is 5.26 Å². The first-order valence-electron chi connectivity index (χ1n) is 6.30. The van der Waals surface area contributed by atoms with Crippen LogP contribution in [0.2, 0.25) is 0 Å². The van der Waals surface area contributed by atoms with Crippen molar-refractivity contribution in [2.75, 3.05) is 20.1 Å². The fraction of sp³-hybridized carbons (Fsp3) is 0.923. The second-order valence-corrected chi connectivity index (χ2v) is 5.68. The molecule has 0 spiro atoms. The van der Waals surface area contributed by atoms with Crippen molar-refractivity contribution < 1.29 is 0 Å². The van der Waals surface area contributed by atoms with Crippen LogP contribution in [0, 0.1) is 22.7 Å². The highest BCUT2D eigenvalue weighted by atomic mass is 15.1. The van der Waals surface area contributed by atoms with Gasteiger partial charge in [0.05, 0.1) is 6.07 Å². The molecule has 0 N–H and O–H groups in total. The van der Waals surface area contributed by atoms with Gasteiger partial charge in [0.1, 0.15) is 0 Å². The summed E-state index contributed by atoms with van der Waals surface area (Å²) in [6.45, 7) is 2.41. The van der Waals surface area contributed by atoms with Crippen LogP contribution in [0.3, 0.4) is 0 Å². The van der Waals surface area contributed by atoms with Crippen LogP contribution in [0.15, 0.2) is 0 Å². The molecule has 0 radical (unpaired) electrons. The molecule has 0 saturated heterocycles. The third-order valence-corrected chi connectivity index (χ3v) is 4.06. The molecular formula is C13H22N2. The third kappa shape index (κ3) is 2.95. The van der Waals surface area contributed by atoms with Crippen molar-refractivity contribution >= 4 is 0 Å². The van der Waals surface area contributed by atoms with Gasteiger partial charge in [0.25, 0.3) is 0 Å². The fourth-order valence-electron chi connectivity index (χ4n) is 3.01. The van der Waals surface area contributed by atoms with Crippen molar-refractivity contribution in [2.45, 2.75) is 44.9 Å². The predicted molar refractivity (Wildman–Crippen MR) is 61.4 cm³/mol. The zero-order valence-corrected chi connectivity index (χ0v) is 9.84. The summed E-state index contributed by atoms with van der Waals surface area (Å²) < 4.78 is 0. The van der Waals surface area contributed by atoms with E-state index in [1.165, 1.54) is 45.1 Å². The van der Waals surface area contributed by atoms with E-state index in [9.17, 15) is 0 Å². The Balaban J connectivity index is 1.72. The van der Waals surface area contributed by atoms with Gasteiger partial charge in [-0.3, -0.25) is 0 Å². The van der Waals surface area contributed by atoms with Crippen LogP contribution in [-0.4, -0.2) is 25.0 Å². The Labute approximate surface area is 93.3 Å². The highest BCUT2D eigenvalue weighted by Crippen LogP contribution is 2.49.